The number of hydrogen-bond donors (Lipinski definition) is 2. The Morgan fingerprint density at radius 1 is 0.920 bits per heavy atom. The molecule has 0 bridgehead atoms. The van der Waals surface area contributed by atoms with Crippen molar-refractivity contribution >= 4 is 0 Å². The summed E-state index contributed by atoms with van der Waals surface area (Å²) in [7, 11) is 3.31. The molecule has 0 aromatic heterocycles. The molecule has 0 saturated heterocycles. The first kappa shape index (κ1) is 16.1. The minimum absolute atomic E-state index is 0.0390. The Hall–Kier alpha value is -2.40. The fourth-order valence-corrected chi connectivity index (χ4v) is 4.33. The summed E-state index contributed by atoms with van der Waals surface area (Å²) in [6.07, 6.45) is 1.71. The number of benzene rings is 2. The molecule has 5 heteroatoms. The summed E-state index contributed by atoms with van der Waals surface area (Å²) in [6, 6.07) is 8.01. The first-order valence-electron chi connectivity index (χ1n) is 8.58. The molecular formula is C20H23NO4. The fraction of sp³-hybridized carbons (Fsp3) is 0.400. The third kappa shape index (κ3) is 2.42. The van der Waals surface area contributed by atoms with Crippen LogP contribution in [0.3, 0.4) is 0 Å². The molecule has 2 aliphatic heterocycles. The summed E-state index contributed by atoms with van der Waals surface area (Å²) in [5.41, 5.74) is 4.73. The van der Waals surface area contributed by atoms with E-state index in [-0.39, 0.29) is 23.6 Å². The summed E-state index contributed by atoms with van der Waals surface area (Å²) in [4.78, 5) is 2.47. The van der Waals surface area contributed by atoms with Crippen LogP contribution in [0.5, 0.6) is 23.0 Å². The minimum Gasteiger partial charge on any atom is -0.504 e. The molecule has 0 radical (unpaired) electrons. The monoisotopic (exact) mass is 341 g/mol. The summed E-state index contributed by atoms with van der Waals surface area (Å²) < 4.78 is 10.9. The number of nitrogens with zero attached hydrogens (tertiary/aromatic N) is 1. The summed E-state index contributed by atoms with van der Waals surface area (Å²) in [5.74, 6) is 1.41. The van der Waals surface area contributed by atoms with E-state index in [9.17, 15) is 10.2 Å². The lowest BCUT2D eigenvalue weighted by Crippen LogP contribution is -2.41. The second-order valence-electron chi connectivity index (χ2n) is 6.83. The summed E-state index contributed by atoms with van der Waals surface area (Å²) >= 11 is 0. The number of methoxy groups -OCH3 is 2. The molecule has 0 fully saturated rings. The maximum atomic E-state index is 9.97. The van der Waals surface area contributed by atoms with Gasteiger partial charge in [0.2, 0.25) is 0 Å². The van der Waals surface area contributed by atoms with Crippen molar-refractivity contribution in [2.45, 2.75) is 31.8 Å². The molecule has 0 aliphatic carbocycles. The maximum Gasteiger partial charge on any atom is 0.161 e. The molecule has 0 unspecified atom stereocenters. The number of phenols is 2. The van der Waals surface area contributed by atoms with Gasteiger partial charge < -0.3 is 19.7 Å². The van der Waals surface area contributed by atoms with Crippen molar-refractivity contribution in [2.24, 2.45) is 0 Å². The lowest BCUT2D eigenvalue weighted by Gasteiger charge is -2.45. The SMILES string of the molecule is COc1cc2c(cc1OC)[C@H](C)N1CCc3cc(O)c(O)cc3[C@@H]1C2. The molecule has 4 rings (SSSR count). The van der Waals surface area contributed by atoms with Gasteiger partial charge >= 0.3 is 0 Å². The Morgan fingerprint density at radius 3 is 2.32 bits per heavy atom. The zero-order valence-corrected chi connectivity index (χ0v) is 14.7. The highest BCUT2D eigenvalue weighted by atomic mass is 16.5. The van der Waals surface area contributed by atoms with Crippen molar-refractivity contribution in [3.05, 3.63) is 46.5 Å². The number of phenolic OH excluding ortho intramolecular Hbond substituents is 2. The topological polar surface area (TPSA) is 62.2 Å². The lowest BCUT2D eigenvalue weighted by molar-refractivity contribution is 0.117. The minimum atomic E-state index is -0.0497. The molecule has 0 amide bonds. The molecule has 2 atom stereocenters. The van der Waals surface area contributed by atoms with Gasteiger partial charge in [0.05, 0.1) is 14.2 Å². The molecule has 2 aliphatic rings. The molecule has 0 saturated carbocycles. The number of hydrogen-bond acceptors (Lipinski definition) is 5. The number of fused-ring (bicyclic) bond motifs is 4. The van der Waals surface area contributed by atoms with Crippen molar-refractivity contribution < 1.29 is 19.7 Å². The number of ether oxygens (including phenoxy) is 2. The molecule has 2 heterocycles. The van der Waals surface area contributed by atoms with E-state index >= 15 is 0 Å². The Morgan fingerprint density at radius 2 is 1.60 bits per heavy atom. The van der Waals surface area contributed by atoms with Crippen LogP contribution < -0.4 is 9.47 Å². The van der Waals surface area contributed by atoms with Crippen molar-refractivity contribution in [3.63, 3.8) is 0 Å². The van der Waals surface area contributed by atoms with Gasteiger partial charge in [-0.2, -0.15) is 0 Å². The van der Waals surface area contributed by atoms with Crippen molar-refractivity contribution in [1.82, 2.24) is 4.90 Å². The van der Waals surface area contributed by atoms with Crippen molar-refractivity contribution in [2.75, 3.05) is 20.8 Å². The van der Waals surface area contributed by atoms with Crippen LogP contribution >= 0.6 is 0 Å². The average Bonchev–Trinajstić information content (AvgIpc) is 2.62. The summed E-state index contributed by atoms with van der Waals surface area (Å²) in [5, 5.41) is 19.8. The Labute approximate surface area is 147 Å². The Bertz CT molecular complexity index is 833. The Balaban J connectivity index is 1.81. The molecule has 132 valence electrons. The number of aromatic hydroxyl groups is 2. The van der Waals surface area contributed by atoms with E-state index < -0.39 is 0 Å². The predicted molar refractivity (Wildman–Crippen MR) is 94.6 cm³/mol. The Kier molecular flexibility index (Phi) is 3.76. The van der Waals surface area contributed by atoms with E-state index in [0.717, 1.165) is 42.0 Å². The highest BCUT2D eigenvalue weighted by Gasteiger charge is 2.37. The van der Waals surface area contributed by atoms with Crippen LogP contribution in [0.2, 0.25) is 0 Å². The molecule has 25 heavy (non-hydrogen) atoms. The van der Waals surface area contributed by atoms with Gasteiger partial charge in [-0.3, -0.25) is 4.90 Å². The third-order valence-corrected chi connectivity index (χ3v) is 5.64. The van der Waals surface area contributed by atoms with Gasteiger partial charge in [0.1, 0.15) is 0 Å². The highest BCUT2D eigenvalue weighted by Crippen LogP contribution is 2.47. The second kappa shape index (κ2) is 5.85. The molecule has 2 aromatic carbocycles. The van der Waals surface area contributed by atoms with E-state index in [4.69, 9.17) is 9.47 Å². The molecular weight excluding hydrogens is 318 g/mol. The van der Waals surface area contributed by atoms with Gasteiger partial charge in [-0.15, -0.1) is 0 Å². The van der Waals surface area contributed by atoms with Crippen LogP contribution in [0.4, 0.5) is 0 Å². The smallest absolute Gasteiger partial charge is 0.161 e. The van der Waals surface area contributed by atoms with Crippen LogP contribution in [0.25, 0.3) is 0 Å². The van der Waals surface area contributed by atoms with E-state index in [2.05, 4.69) is 24.0 Å². The molecule has 2 N–H and O–H groups in total. The predicted octanol–water partition coefficient (Wildman–Crippen LogP) is 3.33. The van der Waals surface area contributed by atoms with E-state index in [1.54, 1.807) is 26.4 Å². The first-order valence-corrected chi connectivity index (χ1v) is 8.58. The lowest BCUT2D eigenvalue weighted by atomic mass is 9.81. The van der Waals surface area contributed by atoms with Gasteiger partial charge in [0, 0.05) is 18.6 Å². The van der Waals surface area contributed by atoms with Gasteiger partial charge in [0.15, 0.2) is 23.0 Å². The quantitative estimate of drug-likeness (QED) is 0.821. The van der Waals surface area contributed by atoms with Gasteiger partial charge in [0.25, 0.3) is 0 Å². The fourth-order valence-electron chi connectivity index (χ4n) is 4.33. The molecule has 2 aromatic rings. The standard InChI is InChI=1S/C20H23NO4/c1-11-14-10-20(25-3)19(24-2)8-13(14)6-16-15-9-18(23)17(22)7-12(15)4-5-21(11)16/h7-11,16,22-23H,4-6H2,1-3H3/t11-,16-/m0/s1. The van der Waals surface area contributed by atoms with Crippen LogP contribution in [-0.4, -0.2) is 35.9 Å². The normalized spacial score (nSPS) is 21.9. The van der Waals surface area contributed by atoms with E-state index in [1.165, 1.54) is 11.1 Å². The third-order valence-electron chi connectivity index (χ3n) is 5.64. The average molecular weight is 341 g/mol. The van der Waals surface area contributed by atoms with E-state index in [1.807, 2.05) is 0 Å². The number of rotatable bonds is 2. The van der Waals surface area contributed by atoms with Gasteiger partial charge in [-0.05, 0) is 66.3 Å². The second-order valence-corrected chi connectivity index (χ2v) is 6.83. The van der Waals surface area contributed by atoms with Gasteiger partial charge in [-0.25, -0.2) is 0 Å². The van der Waals surface area contributed by atoms with E-state index in [0.29, 0.717) is 0 Å². The van der Waals surface area contributed by atoms with Crippen LogP contribution in [-0.2, 0) is 12.8 Å². The van der Waals surface area contributed by atoms with Crippen LogP contribution in [0.1, 0.15) is 41.3 Å². The zero-order valence-electron chi connectivity index (χ0n) is 14.7. The van der Waals surface area contributed by atoms with Crippen molar-refractivity contribution in [1.29, 1.82) is 0 Å². The van der Waals surface area contributed by atoms with Crippen molar-refractivity contribution in [3.8, 4) is 23.0 Å². The zero-order chi connectivity index (χ0) is 17.7. The highest BCUT2D eigenvalue weighted by molar-refractivity contribution is 5.53. The molecule has 5 nitrogen and oxygen atoms in total. The maximum absolute atomic E-state index is 9.97. The van der Waals surface area contributed by atoms with Crippen LogP contribution in [0.15, 0.2) is 24.3 Å². The van der Waals surface area contributed by atoms with Gasteiger partial charge in [-0.1, -0.05) is 0 Å². The molecule has 0 spiro atoms. The summed E-state index contributed by atoms with van der Waals surface area (Å²) in [6.45, 7) is 3.14. The largest absolute Gasteiger partial charge is 0.504 e. The first-order chi connectivity index (χ1) is 12.0. The van der Waals surface area contributed by atoms with Crippen LogP contribution in [0, 0.1) is 0 Å².